The molecule has 170 valence electrons. The molecule has 0 saturated heterocycles. The van der Waals surface area contributed by atoms with E-state index < -0.39 is 23.3 Å². The van der Waals surface area contributed by atoms with Crippen molar-refractivity contribution >= 4 is 16.9 Å². The Kier molecular flexibility index (Phi) is 5.88. The summed E-state index contributed by atoms with van der Waals surface area (Å²) in [6, 6.07) is 17.6. The first-order chi connectivity index (χ1) is 16.5. The van der Waals surface area contributed by atoms with Gasteiger partial charge in [0.1, 0.15) is 11.8 Å². The van der Waals surface area contributed by atoms with Crippen LogP contribution >= 0.6 is 0 Å². The van der Waals surface area contributed by atoms with E-state index in [1.807, 2.05) is 30.3 Å². The standard InChI is InChI=1S/C26H23N5O3/c1-3-34-25(32)31-11-10-17-20(12-27)24(30)26(14-28,15-29)23(21(17)13-31)19-8-9-22(33-2)18-7-5-4-6-16(18)19/h4-10,21,23H,3,11,13,30H2,1-2H3/t21-,23+/m0/s1. The largest absolute Gasteiger partial charge is 0.496 e. The number of benzene rings is 2. The third kappa shape index (κ3) is 3.22. The minimum atomic E-state index is -1.80. The molecule has 2 aliphatic rings. The van der Waals surface area contributed by atoms with Crippen molar-refractivity contribution in [3.05, 3.63) is 64.9 Å². The highest BCUT2D eigenvalue weighted by molar-refractivity contribution is 5.92. The first kappa shape index (κ1) is 22.7. The fourth-order valence-corrected chi connectivity index (χ4v) is 5.13. The van der Waals surface area contributed by atoms with E-state index >= 15 is 0 Å². The number of carbonyl (C=O) groups is 1. The highest BCUT2D eigenvalue weighted by Crippen LogP contribution is 2.55. The Morgan fingerprint density at radius 3 is 2.50 bits per heavy atom. The zero-order valence-corrected chi connectivity index (χ0v) is 18.9. The Morgan fingerprint density at radius 1 is 1.18 bits per heavy atom. The van der Waals surface area contributed by atoms with Crippen molar-refractivity contribution in [1.29, 1.82) is 15.8 Å². The number of carbonyl (C=O) groups excluding carboxylic acids is 1. The maximum atomic E-state index is 12.6. The van der Waals surface area contributed by atoms with E-state index in [0.29, 0.717) is 11.3 Å². The van der Waals surface area contributed by atoms with Gasteiger partial charge in [0.15, 0.2) is 5.41 Å². The van der Waals surface area contributed by atoms with E-state index in [-0.39, 0.29) is 31.0 Å². The fraction of sp³-hybridized carbons (Fsp3) is 0.308. The molecule has 0 bridgehead atoms. The molecule has 1 heterocycles. The fourth-order valence-electron chi connectivity index (χ4n) is 5.13. The van der Waals surface area contributed by atoms with Crippen LogP contribution in [0.25, 0.3) is 10.8 Å². The molecule has 2 atom stereocenters. The Labute approximate surface area is 197 Å². The molecule has 34 heavy (non-hydrogen) atoms. The van der Waals surface area contributed by atoms with Crippen LogP contribution in [0.2, 0.25) is 0 Å². The minimum absolute atomic E-state index is 0.0583. The van der Waals surface area contributed by atoms with Gasteiger partial charge >= 0.3 is 6.09 Å². The summed E-state index contributed by atoms with van der Waals surface area (Å²) in [5.74, 6) is -0.599. The Bertz CT molecular complexity index is 1340. The van der Waals surface area contributed by atoms with Gasteiger partial charge in [-0.15, -0.1) is 0 Å². The van der Waals surface area contributed by atoms with Gasteiger partial charge in [-0.25, -0.2) is 4.79 Å². The number of nitrogens with two attached hydrogens (primary N) is 1. The van der Waals surface area contributed by atoms with Crippen LogP contribution < -0.4 is 10.5 Å². The number of hydrogen-bond acceptors (Lipinski definition) is 7. The molecule has 0 radical (unpaired) electrons. The average Bonchev–Trinajstić information content (AvgIpc) is 2.87. The normalized spacial score (nSPS) is 20.9. The number of allylic oxidation sites excluding steroid dienone is 2. The second kappa shape index (κ2) is 8.81. The Morgan fingerprint density at radius 2 is 1.88 bits per heavy atom. The second-order valence-corrected chi connectivity index (χ2v) is 8.18. The molecule has 0 spiro atoms. The highest BCUT2D eigenvalue weighted by atomic mass is 16.6. The van der Waals surface area contributed by atoms with Crippen LogP contribution in [0.5, 0.6) is 5.75 Å². The summed E-state index contributed by atoms with van der Waals surface area (Å²) in [5.41, 5.74) is 6.04. The lowest BCUT2D eigenvalue weighted by Gasteiger charge is -2.45. The summed E-state index contributed by atoms with van der Waals surface area (Å²) in [6.07, 6.45) is 1.28. The smallest absolute Gasteiger partial charge is 0.410 e. The average molecular weight is 454 g/mol. The number of fused-ring (bicyclic) bond motifs is 2. The van der Waals surface area contributed by atoms with Crippen molar-refractivity contribution in [2.24, 2.45) is 17.1 Å². The Hall–Kier alpha value is -4.48. The molecule has 1 aliphatic heterocycles. The van der Waals surface area contributed by atoms with Gasteiger partial charge in [-0.1, -0.05) is 36.4 Å². The van der Waals surface area contributed by atoms with Crippen LogP contribution in [-0.4, -0.2) is 37.8 Å². The molecule has 8 heteroatoms. The zero-order chi connectivity index (χ0) is 24.5. The molecule has 0 unspecified atom stereocenters. The number of methoxy groups -OCH3 is 1. The predicted molar refractivity (Wildman–Crippen MR) is 124 cm³/mol. The first-order valence-corrected chi connectivity index (χ1v) is 10.9. The van der Waals surface area contributed by atoms with Crippen LogP contribution in [0.1, 0.15) is 18.4 Å². The minimum Gasteiger partial charge on any atom is -0.496 e. The maximum Gasteiger partial charge on any atom is 0.410 e. The lowest BCUT2D eigenvalue weighted by atomic mass is 9.57. The molecular formula is C26H23N5O3. The van der Waals surface area contributed by atoms with Gasteiger partial charge in [0, 0.05) is 30.3 Å². The number of ether oxygens (including phenoxy) is 2. The van der Waals surface area contributed by atoms with Crippen molar-refractivity contribution in [2.75, 3.05) is 26.8 Å². The molecule has 1 aliphatic carbocycles. The van der Waals surface area contributed by atoms with Gasteiger partial charge in [0.2, 0.25) is 0 Å². The molecule has 0 fully saturated rings. The van der Waals surface area contributed by atoms with Crippen molar-refractivity contribution in [3.8, 4) is 24.0 Å². The maximum absolute atomic E-state index is 12.6. The van der Waals surface area contributed by atoms with Crippen molar-refractivity contribution in [1.82, 2.24) is 4.90 Å². The van der Waals surface area contributed by atoms with Gasteiger partial charge in [-0.3, -0.25) is 0 Å². The number of nitriles is 3. The van der Waals surface area contributed by atoms with Crippen molar-refractivity contribution < 1.29 is 14.3 Å². The molecule has 2 N–H and O–H groups in total. The van der Waals surface area contributed by atoms with Gasteiger partial charge in [0.25, 0.3) is 0 Å². The molecule has 0 aromatic heterocycles. The molecule has 2 aromatic carbocycles. The third-order valence-electron chi connectivity index (χ3n) is 6.66. The molecule has 0 saturated carbocycles. The number of nitrogens with zero attached hydrogens (tertiary/aromatic N) is 4. The summed E-state index contributed by atoms with van der Waals surface area (Å²) in [6.45, 7) is 2.37. The molecule has 8 nitrogen and oxygen atoms in total. The summed E-state index contributed by atoms with van der Waals surface area (Å²) in [4.78, 5) is 14.1. The zero-order valence-electron chi connectivity index (χ0n) is 18.9. The molecule has 2 aromatic rings. The molecule has 1 amide bonds. The van der Waals surface area contributed by atoms with E-state index in [1.165, 1.54) is 4.90 Å². The number of rotatable bonds is 3. The summed E-state index contributed by atoms with van der Waals surface area (Å²) in [7, 11) is 1.58. The van der Waals surface area contributed by atoms with Crippen LogP contribution in [0, 0.1) is 45.3 Å². The quantitative estimate of drug-likeness (QED) is 0.747. The van der Waals surface area contributed by atoms with Crippen molar-refractivity contribution in [2.45, 2.75) is 12.8 Å². The monoisotopic (exact) mass is 453 g/mol. The van der Waals surface area contributed by atoms with E-state index in [0.717, 1.165) is 16.3 Å². The van der Waals surface area contributed by atoms with Crippen molar-refractivity contribution in [3.63, 3.8) is 0 Å². The van der Waals surface area contributed by atoms with Crippen LogP contribution in [-0.2, 0) is 4.74 Å². The Balaban J connectivity index is 2.02. The molecular weight excluding hydrogens is 430 g/mol. The van der Waals surface area contributed by atoms with Crippen LogP contribution in [0.4, 0.5) is 4.79 Å². The lowest BCUT2D eigenvalue weighted by molar-refractivity contribution is 0.1000. The van der Waals surface area contributed by atoms with Gasteiger partial charge in [-0.05, 0) is 29.5 Å². The lowest BCUT2D eigenvalue weighted by Crippen LogP contribution is -2.49. The summed E-state index contributed by atoms with van der Waals surface area (Å²) in [5, 5.41) is 32.2. The predicted octanol–water partition coefficient (Wildman–Crippen LogP) is 3.73. The molecule has 4 rings (SSSR count). The number of amides is 1. The first-order valence-electron chi connectivity index (χ1n) is 10.9. The van der Waals surface area contributed by atoms with Gasteiger partial charge < -0.3 is 20.1 Å². The van der Waals surface area contributed by atoms with E-state index in [4.69, 9.17) is 15.2 Å². The topological polar surface area (TPSA) is 136 Å². The van der Waals surface area contributed by atoms with E-state index in [2.05, 4.69) is 18.2 Å². The van der Waals surface area contributed by atoms with Gasteiger partial charge in [0.05, 0.1) is 37.1 Å². The number of hydrogen-bond donors (Lipinski definition) is 1. The summed E-state index contributed by atoms with van der Waals surface area (Å²) < 4.78 is 10.7. The van der Waals surface area contributed by atoms with Gasteiger partial charge in [-0.2, -0.15) is 15.8 Å². The van der Waals surface area contributed by atoms with Crippen LogP contribution in [0.3, 0.4) is 0 Å². The van der Waals surface area contributed by atoms with E-state index in [9.17, 15) is 20.6 Å². The second-order valence-electron chi connectivity index (χ2n) is 8.18. The highest BCUT2D eigenvalue weighted by Gasteiger charge is 2.55. The third-order valence-corrected chi connectivity index (χ3v) is 6.66. The van der Waals surface area contributed by atoms with Crippen LogP contribution in [0.15, 0.2) is 59.3 Å². The van der Waals surface area contributed by atoms with E-state index in [1.54, 1.807) is 26.2 Å². The SMILES string of the molecule is CCOC(=O)N1CC=C2C(C#N)=C(N)C(C#N)(C#N)[C@H](c3ccc(OC)c4ccccc34)[C@H]2C1. The summed E-state index contributed by atoms with van der Waals surface area (Å²) >= 11 is 0.